The zero-order valence-electron chi connectivity index (χ0n) is 8.27. The van der Waals surface area contributed by atoms with Gasteiger partial charge in [-0.1, -0.05) is 6.08 Å². The van der Waals surface area contributed by atoms with E-state index in [2.05, 4.69) is 4.99 Å². The van der Waals surface area contributed by atoms with Crippen LogP contribution < -0.4 is 0 Å². The Kier molecular flexibility index (Phi) is 2.55. The topological polar surface area (TPSA) is 12.4 Å². The van der Waals surface area contributed by atoms with Gasteiger partial charge in [0.05, 0.1) is 5.54 Å². The first-order valence-corrected chi connectivity index (χ1v) is 4.47. The van der Waals surface area contributed by atoms with Gasteiger partial charge < -0.3 is 0 Å². The molecule has 0 radical (unpaired) electrons. The van der Waals surface area contributed by atoms with E-state index in [0.29, 0.717) is 0 Å². The summed E-state index contributed by atoms with van der Waals surface area (Å²) in [6, 6.07) is 0. The van der Waals surface area contributed by atoms with Gasteiger partial charge >= 0.3 is 0 Å². The number of hydrogen-bond donors (Lipinski definition) is 0. The fraction of sp³-hybridized carbons (Fsp3) is 0.700. The third-order valence-electron chi connectivity index (χ3n) is 2.31. The van der Waals surface area contributed by atoms with Gasteiger partial charge in [-0.05, 0) is 26.7 Å². The molecule has 0 heterocycles. The number of aliphatic imine (C=N–C) groups is 1. The van der Waals surface area contributed by atoms with Crippen molar-refractivity contribution in [2.45, 2.75) is 45.1 Å². The van der Waals surface area contributed by atoms with Crippen LogP contribution in [0.4, 0.5) is 8.78 Å². The molecule has 1 fully saturated rings. The lowest BCUT2D eigenvalue weighted by molar-refractivity contribution is 0.0705. The van der Waals surface area contributed by atoms with Crippen molar-refractivity contribution in [1.82, 2.24) is 0 Å². The monoisotopic (exact) mass is 187 g/mol. The first kappa shape index (κ1) is 10.4. The van der Waals surface area contributed by atoms with Crippen molar-refractivity contribution in [1.29, 1.82) is 0 Å². The molecule has 0 aromatic rings. The minimum atomic E-state index is -2.77. The summed E-state index contributed by atoms with van der Waals surface area (Å²) in [5, 5.41) is 0. The molecule has 1 saturated carbocycles. The summed E-state index contributed by atoms with van der Waals surface area (Å²) in [5.74, 6) is -2.77. The van der Waals surface area contributed by atoms with E-state index < -0.39 is 5.92 Å². The van der Waals surface area contributed by atoms with Crippen molar-refractivity contribution in [2.24, 2.45) is 4.99 Å². The molecule has 1 aliphatic rings. The van der Waals surface area contributed by atoms with Crippen LogP contribution in [0.25, 0.3) is 0 Å². The summed E-state index contributed by atoms with van der Waals surface area (Å²) >= 11 is 0. The van der Waals surface area contributed by atoms with Gasteiger partial charge in [0, 0.05) is 18.7 Å². The molecular formula is C10H15F2N. The minimum Gasteiger partial charge on any atom is -0.286 e. The van der Waals surface area contributed by atoms with Crippen molar-refractivity contribution in [2.75, 3.05) is 0 Å². The predicted molar refractivity (Wildman–Crippen MR) is 50.5 cm³/mol. The van der Waals surface area contributed by atoms with Gasteiger partial charge in [0.25, 0.3) is 5.92 Å². The van der Waals surface area contributed by atoms with Gasteiger partial charge in [0.2, 0.25) is 0 Å². The van der Waals surface area contributed by atoms with Crippen LogP contribution in [0.15, 0.2) is 16.6 Å². The van der Waals surface area contributed by atoms with Crippen molar-refractivity contribution in [3.63, 3.8) is 0 Å². The summed E-state index contributed by atoms with van der Waals surface area (Å²) in [7, 11) is 0. The zero-order valence-corrected chi connectivity index (χ0v) is 8.27. The molecule has 1 aliphatic carbocycles. The highest BCUT2D eigenvalue weighted by Crippen LogP contribution is 2.39. The lowest BCUT2D eigenvalue weighted by atomic mass is 10.1. The highest BCUT2D eigenvalue weighted by molar-refractivity contribution is 5.81. The number of rotatable bonds is 3. The summed E-state index contributed by atoms with van der Waals surface area (Å²) < 4.78 is 25.6. The molecule has 0 aromatic heterocycles. The molecule has 0 atom stereocenters. The lowest BCUT2D eigenvalue weighted by Crippen LogP contribution is -2.15. The Balaban J connectivity index is 2.65. The van der Waals surface area contributed by atoms with E-state index in [1.165, 1.54) is 12.3 Å². The maximum absolute atomic E-state index is 12.8. The molecule has 0 saturated heterocycles. The van der Waals surface area contributed by atoms with Crippen LogP contribution in [0.5, 0.6) is 0 Å². The van der Waals surface area contributed by atoms with Gasteiger partial charge in [0.15, 0.2) is 0 Å². The standard InChI is InChI=1S/C10H15F2N/c1-4-8(10(3,11)12)7-13-9(2)5-6-9/h4,7H,5-6H2,1-3H3/b8-4+,13-7?. The van der Waals surface area contributed by atoms with Gasteiger partial charge in [-0.2, -0.15) is 0 Å². The molecule has 0 amide bonds. The van der Waals surface area contributed by atoms with Crippen LogP contribution in [-0.4, -0.2) is 17.7 Å². The fourth-order valence-electron chi connectivity index (χ4n) is 0.977. The van der Waals surface area contributed by atoms with E-state index in [0.717, 1.165) is 19.8 Å². The van der Waals surface area contributed by atoms with Crippen LogP contribution in [0.3, 0.4) is 0 Å². The Morgan fingerprint density at radius 1 is 1.46 bits per heavy atom. The van der Waals surface area contributed by atoms with Crippen LogP contribution >= 0.6 is 0 Å². The van der Waals surface area contributed by atoms with Crippen LogP contribution in [0, 0.1) is 0 Å². The highest BCUT2D eigenvalue weighted by Gasteiger charge is 2.37. The fourth-order valence-corrected chi connectivity index (χ4v) is 0.977. The second-order valence-corrected chi connectivity index (χ2v) is 3.89. The molecule has 0 unspecified atom stereocenters. The van der Waals surface area contributed by atoms with E-state index in [1.54, 1.807) is 6.92 Å². The highest BCUT2D eigenvalue weighted by atomic mass is 19.3. The summed E-state index contributed by atoms with van der Waals surface area (Å²) in [6.45, 7) is 4.47. The molecule has 0 aliphatic heterocycles. The molecule has 1 rings (SSSR count). The third-order valence-corrected chi connectivity index (χ3v) is 2.31. The first-order chi connectivity index (χ1) is 5.87. The van der Waals surface area contributed by atoms with Gasteiger partial charge in [-0.3, -0.25) is 4.99 Å². The maximum atomic E-state index is 12.8. The lowest BCUT2D eigenvalue weighted by Gasteiger charge is -2.10. The Morgan fingerprint density at radius 3 is 2.31 bits per heavy atom. The van der Waals surface area contributed by atoms with Crippen LogP contribution in [0.2, 0.25) is 0 Å². The van der Waals surface area contributed by atoms with Gasteiger partial charge in [0.1, 0.15) is 0 Å². The molecule has 3 heteroatoms. The zero-order chi connectivity index (χ0) is 10.1. The molecule has 13 heavy (non-hydrogen) atoms. The van der Waals surface area contributed by atoms with Crippen LogP contribution in [0.1, 0.15) is 33.6 Å². The molecule has 74 valence electrons. The third kappa shape index (κ3) is 2.90. The summed E-state index contributed by atoms with van der Waals surface area (Å²) in [5.41, 5.74) is -0.0555. The van der Waals surface area contributed by atoms with E-state index in [9.17, 15) is 8.78 Å². The second-order valence-electron chi connectivity index (χ2n) is 3.89. The smallest absolute Gasteiger partial charge is 0.271 e. The molecular weight excluding hydrogens is 172 g/mol. The number of halogens is 2. The van der Waals surface area contributed by atoms with E-state index >= 15 is 0 Å². The van der Waals surface area contributed by atoms with Gasteiger partial charge in [-0.15, -0.1) is 0 Å². The normalized spacial score (nSPS) is 22.4. The largest absolute Gasteiger partial charge is 0.286 e. The Morgan fingerprint density at radius 2 is 2.00 bits per heavy atom. The second kappa shape index (κ2) is 3.20. The molecule has 0 spiro atoms. The number of allylic oxidation sites excluding steroid dienone is 2. The Labute approximate surface area is 77.6 Å². The first-order valence-electron chi connectivity index (χ1n) is 4.47. The summed E-state index contributed by atoms with van der Waals surface area (Å²) in [6.07, 6.45) is 4.74. The van der Waals surface area contributed by atoms with Crippen LogP contribution in [-0.2, 0) is 0 Å². The quantitative estimate of drug-likeness (QED) is 0.601. The number of hydrogen-bond acceptors (Lipinski definition) is 1. The van der Waals surface area contributed by atoms with Crippen molar-refractivity contribution in [3.05, 3.63) is 11.6 Å². The predicted octanol–water partition coefficient (Wildman–Crippen LogP) is 3.21. The average molecular weight is 187 g/mol. The van der Waals surface area contributed by atoms with E-state index in [4.69, 9.17) is 0 Å². The summed E-state index contributed by atoms with van der Waals surface area (Å²) in [4.78, 5) is 4.13. The SMILES string of the molecule is C/C=C(\C=NC1(C)CC1)C(C)(F)F. The van der Waals surface area contributed by atoms with E-state index in [-0.39, 0.29) is 11.1 Å². The molecule has 0 bridgehead atoms. The maximum Gasteiger partial charge on any atom is 0.271 e. The number of nitrogens with zero attached hydrogens (tertiary/aromatic N) is 1. The Hall–Kier alpha value is -0.730. The molecule has 0 aromatic carbocycles. The molecule has 1 nitrogen and oxygen atoms in total. The van der Waals surface area contributed by atoms with Gasteiger partial charge in [-0.25, -0.2) is 8.78 Å². The van der Waals surface area contributed by atoms with Crippen molar-refractivity contribution in [3.8, 4) is 0 Å². The minimum absolute atomic E-state index is 0.000579. The van der Waals surface area contributed by atoms with E-state index in [1.807, 2.05) is 6.92 Å². The number of alkyl halides is 2. The van der Waals surface area contributed by atoms with Crippen molar-refractivity contribution < 1.29 is 8.78 Å². The Bertz CT molecular complexity index is 244. The molecule has 0 N–H and O–H groups in total. The van der Waals surface area contributed by atoms with Crippen molar-refractivity contribution >= 4 is 6.21 Å². The average Bonchev–Trinajstić information content (AvgIpc) is 2.67.